The molecule has 0 atom stereocenters. The predicted molar refractivity (Wildman–Crippen MR) is 95.3 cm³/mol. The molecule has 7 heteroatoms. The topological polar surface area (TPSA) is 86.5 Å². The zero-order valence-corrected chi connectivity index (χ0v) is 14.6. The molecule has 1 amide bonds. The maximum absolute atomic E-state index is 12.3. The molecule has 0 fully saturated rings. The molecule has 1 aromatic heterocycles. The first-order valence-electron chi connectivity index (χ1n) is 8.09. The third-order valence-electron chi connectivity index (χ3n) is 3.77. The van der Waals surface area contributed by atoms with Crippen molar-refractivity contribution in [3.05, 3.63) is 60.0 Å². The molecule has 1 heterocycles. The summed E-state index contributed by atoms with van der Waals surface area (Å²) in [6.07, 6.45) is 0.443. The van der Waals surface area contributed by atoms with Gasteiger partial charge >= 0.3 is 0 Å². The first-order chi connectivity index (χ1) is 12.7. The number of carbonyl (C=O) groups is 1. The number of carbonyl (C=O) groups excluding carboxylic acids is 1. The second-order valence-electron chi connectivity index (χ2n) is 5.45. The summed E-state index contributed by atoms with van der Waals surface area (Å²) in [6, 6.07) is 14.6. The van der Waals surface area contributed by atoms with Gasteiger partial charge in [-0.1, -0.05) is 35.5 Å². The lowest BCUT2D eigenvalue weighted by Crippen LogP contribution is -2.25. The first-order valence-corrected chi connectivity index (χ1v) is 8.09. The Kier molecular flexibility index (Phi) is 5.48. The van der Waals surface area contributed by atoms with Crippen LogP contribution in [-0.4, -0.2) is 36.8 Å². The van der Waals surface area contributed by atoms with Gasteiger partial charge in [-0.3, -0.25) is 4.79 Å². The fourth-order valence-electron chi connectivity index (χ4n) is 2.42. The fraction of sp³-hybridized carbons (Fsp3) is 0.211. The molecule has 7 nitrogen and oxygen atoms in total. The van der Waals surface area contributed by atoms with Gasteiger partial charge in [0.2, 0.25) is 11.7 Å². The van der Waals surface area contributed by atoms with Gasteiger partial charge in [-0.2, -0.15) is 4.98 Å². The van der Waals surface area contributed by atoms with Crippen molar-refractivity contribution in [3.8, 4) is 22.9 Å². The van der Waals surface area contributed by atoms with Gasteiger partial charge in [-0.25, -0.2) is 0 Å². The second kappa shape index (κ2) is 8.15. The SMILES string of the molecule is COc1ccc(C(=O)NCCc2nc(-c3ccccc3)no2)cc1OC. The molecule has 0 aliphatic heterocycles. The molecule has 0 radical (unpaired) electrons. The van der Waals surface area contributed by atoms with Crippen LogP contribution in [0.15, 0.2) is 53.1 Å². The summed E-state index contributed by atoms with van der Waals surface area (Å²) in [5.41, 5.74) is 1.37. The van der Waals surface area contributed by atoms with Crippen LogP contribution in [0.5, 0.6) is 11.5 Å². The maximum atomic E-state index is 12.3. The number of hydrogen-bond acceptors (Lipinski definition) is 6. The number of nitrogens with zero attached hydrogens (tertiary/aromatic N) is 2. The number of rotatable bonds is 7. The summed E-state index contributed by atoms with van der Waals surface area (Å²) in [5, 5.41) is 6.78. The van der Waals surface area contributed by atoms with E-state index in [1.54, 1.807) is 25.3 Å². The number of benzene rings is 2. The number of aromatic nitrogens is 2. The number of nitrogens with one attached hydrogen (secondary N) is 1. The Morgan fingerprint density at radius 1 is 1.08 bits per heavy atom. The Balaban J connectivity index is 1.57. The van der Waals surface area contributed by atoms with Crippen LogP contribution in [0.25, 0.3) is 11.4 Å². The van der Waals surface area contributed by atoms with Crippen LogP contribution in [-0.2, 0) is 6.42 Å². The largest absolute Gasteiger partial charge is 0.493 e. The number of methoxy groups -OCH3 is 2. The van der Waals surface area contributed by atoms with E-state index in [0.717, 1.165) is 5.56 Å². The molecule has 134 valence electrons. The highest BCUT2D eigenvalue weighted by atomic mass is 16.5. The van der Waals surface area contributed by atoms with Gasteiger partial charge in [0.25, 0.3) is 5.91 Å². The van der Waals surface area contributed by atoms with E-state index >= 15 is 0 Å². The summed E-state index contributed by atoms with van der Waals surface area (Å²) in [7, 11) is 3.07. The van der Waals surface area contributed by atoms with E-state index < -0.39 is 0 Å². The average Bonchev–Trinajstić information content (AvgIpc) is 3.17. The summed E-state index contributed by atoms with van der Waals surface area (Å²) >= 11 is 0. The van der Waals surface area contributed by atoms with Gasteiger partial charge < -0.3 is 19.3 Å². The first kappa shape index (κ1) is 17.5. The number of ether oxygens (including phenoxy) is 2. The van der Waals surface area contributed by atoms with E-state index in [0.29, 0.717) is 41.7 Å². The Labute approximate surface area is 150 Å². The van der Waals surface area contributed by atoms with Gasteiger partial charge in [0.15, 0.2) is 11.5 Å². The lowest BCUT2D eigenvalue weighted by Gasteiger charge is -2.09. The zero-order chi connectivity index (χ0) is 18.4. The monoisotopic (exact) mass is 353 g/mol. The lowest BCUT2D eigenvalue weighted by atomic mass is 10.2. The molecular weight excluding hydrogens is 334 g/mol. The van der Waals surface area contributed by atoms with Crippen LogP contribution in [0, 0.1) is 0 Å². The number of hydrogen-bond donors (Lipinski definition) is 1. The number of amides is 1. The van der Waals surface area contributed by atoms with Crippen molar-refractivity contribution in [1.29, 1.82) is 0 Å². The van der Waals surface area contributed by atoms with Gasteiger partial charge in [0, 0.05) is 24.1 Å². The normalized spacial score (nSPS) is 10.4. The van der Waals surface area contributed by atoms with Crippen LogP contribution in [0.2, 0.25) is 0 Å². The van der Waals surface area contributed by atoms with Crippen molar-refractivity contribution >= 4 is 5.91 Å². The summed E-state index contributed by atoms with van der Waals surface area (Å²) in [6.45, 7) is 0.379. The molecule has 3 rings (SSSR count). The molecular formula is C19H19N3O4. The minimum Gasteiger partial charge on any atom is -0.493 e. The highest BCUT2D eigenvalue weighted by Gasteiger charge is 2.12. The van der Waals surface area contributed by atoms with Gasteiger partial charge in [0.1, 0.15) is 0 Å². The summed E-state index contributed by atoms with van der Waals surface area (Å²) < 4.78 is 15.6. The molecule has 26 heavy (non-hydrogen) atoms. The summed E-state index contributed by atoms with van der Waals surface area (Å²) in [4.78, 5) is 16.6. The third-order valence-corrected chi connectivity index (χ3v) is 3.77. The molecule has 0 unspecified atom stereocenters. The maximum Gasteiger partial charge on any atom is 0.251 e. The van der Waals surface area contributed by atoms with E-state index in [1.165, 1.54) is 7.11 Å². The van der Waals surface area contributed by atoms with Crippen molar-refractivity contribution < 1.29 is 18.8 Å². The van der Waals surface area contributed by atoms with Gasteiger partial charge in [-0.15, -0.1) is 0 Å². The van der Waals surface area contributed by atoms with Crippen molar-refractivity contribution in [2.24, 2.45) is 0 Å². The Morgan fingerprint density at radius 2 is 1.85 bits per heavy atom. The third kappa shape index (κ3) is 4.00. The highest BCUT2D eigenvalue weighted by Crippen LogP contribution is 2.27. The molecule has 0 aliphatic rings. The molecule has 0 saturated carbocycles. The minimum atomic E-state index is -0.214. The lowest BCUT2D eigenvalue weighted by molar-refractivity contribution is 0.0953. The second-order valence-corrected chi connectivity index (χ2v) is 5.45. The Morgan fingerprint density at radius 3 is 2.58 bits per heavy atom. The van der Waals surface area contributed by atoms with Crippen LogP contribution in [0.3, 0.4) is 0 Å². The van der Waals surface area contributed by atoms with Crippen LogP contribution < -0.4 is 14.8 Å². The smallest absolute Gasteiger partial charge is 0.251 e. The van der Waals surface area contributed by atoms with E-state index in [4.69, 9.17) is 14.0 Å². The van der Waals surface area contributed by atoms with Crippen molar-refractivity contribution in [2.75, 3.05) is 20.8 Å². The molecule has 0 aliphatic carbocycles. The molecule has 1 N–H and O–H groups in total. The molecule has 0 saturated heterocycles. The minimum absolute atomic E-state index is 0.214. The zero-order valence-electron chi connectivity index (χ0n) is 14.6. The molecule has 0 bridgehead atoms. The molecule has 3 aromatic rings. The average molecular weight is 353 g/mol. The van der Waals surface area contributed by atoms with Gasteiger partial charge in [-0.05, 0) is 18.2 Å². The van der Waals surface area contributed by atoms with Crippen LogP contribution >= 0.6 is 0 Å². The van der Waals surface area contributed by atoms with Crippen molar-refractivity contribution in [3.63, 3.8) is 0 Å². The van der Waals surface area contributed by atoms with Gasteiger partial charge in [0.05, 0.1) is 14.2 Å². The van der Waals surface area contributed by atoms with Crippen LogP contribution in [0.1, 0.15) is 16.2 Å². The Bertz CT molecular complexity index is 878. The molecule has 0 spiro atoms. The van der Waals surface area contributed by atoms with E-state index in [2.05, 4.69) is 15.5 Å². The van der Waals surface area contributed by atoms with Crippen molar-refractivity contribution in [1.82, 2.24) is 15.5 Å². The predicted octanol–water partition coefficient (Wildman–Crippen LogP) is 2.73. The quantitative estimate of drug-likeness (QED) is 0.703. The van der Waals surface area contributed by atoms with Crippen LogP contribution in [0.4, 0.5) is 0 Å². The van der Waals surface area contributed by atoms with E-state index in [9.17, 15) is 4.79 Å². The van der Waals surface area contributed by atoms with E-state index in [1.807, 2.05) is 30.3 Å². The van der Waals surface area contributed by atoms with E-state index in [-0.39, 0.29) is 5.91 Å². The van der Waals surface area contributed by atoms with Crippen molar-refractivity contribution in [2.45, 2.75) is 6.42 Å². The fourth-order valence-corrected chi connectivity index (χ4v) is 2.42. The summed E-state index contributed by atoms with van der Waals surface area (Å²) in [5.74, 6) is 1.87. The highest BCUT2D eigenvalue weighted by molar-refractivity contribution is 5.94. The standard InChI is InChI=1S/C19H19N3O4/c1-24-15-9-8-14(12-16(15)25-2)19(23)20-11-10-17-21-18(22-26-17)13-6-4-3-5-7-13/h3-9,12H,10-11H2,1-2H3,(H,20,23). The Hall–Kier alpha value is -3.35. The molecule has 2 aromatic carbocycles.